The van der Waals surface area contributed by atoms with Crippen molar-refractivity contribution in [1.82, 2.24) is 4.41 Å². The third kappa shape index (κ3) is 4.83. The molecule has 1 heterocycles. The van der Waals surface area contributed by atoms with E-state index in [2.05, 4.69) is 9.82 Å². The van der Waals surface area contributed by atoms with Crippen molar-refractivity contribution in [1.29, 1.82) is 0 Å². The Bertz CT molecular complexity index is 1440. The zero-order valence-electron chi connectivity index (χ0n) is 18.6. The van der Waals surface area contributed by atoms with Gasteiger partial charge in [-0.1, -0.05) is 36.4 Å². The Balaban J connectivity index is 1.73. The second-order valence-corrected chi connectivity index (χ2v) is 11.7. The maximum atomic E-state index is 13.5. The summed E-state index contributed by atoms with van der Waals surface area (Å²) in [5.41, 5.74) is 3.38. The number of benzene rings is 3. The van der Waals surface area contributed by atoms with Gasteiger partial charge in [-0.25, -0.2) is 12.8 Å². The molecule has 0 fully saturated rings. The Hall–Kier alpha value is -3.24. The summed E-state index contributed by atoms with van der Waals surface area (Å²) in [5.74, 6) is -0.575. The second-order valence-electron chi connectivity index (χ2n) is 7.94. The van der Waals surface area contributed by atoms with Gasteiger partial charge in [0.1, 0.15) is 5.82 Å². The molecule has 0 radical (unpaired) electrons. The fourth-order valence-corrected chi connectivity index (χ4v) is 5.84. The smallest absolute Gasteiger partial charge is 0.279 e. The molecule has 0 saturated heterocycles. The van der Waals surface area contributed by atoms with Gasteiger partial charge in [0.05, 0.1) is 22.4 Å². The molecular formula is C24H24FN3O4S2. The van der Waals surface area contributed by atoms with Gasteiger partial charge in [-0.2, -0.15) is 17.9 Å². The number of anilines is 1. The van der Waals surface area contributed by atoms with Gasteiger partial charge in [0, 0.05) is 12.1 Å². The van der Waals surface area contributed by atoms with E-state index in [1.54, 1.807) is 31.2 Å². The van der Waals surface area contributed by atoms with E-state index in [1.807, 2.05) is 31.2 Å². The average Bonchev–Trinajstić information content (AvgIpc) is 3.26. The second kappa shape index (κ2) is 9.19. The van der Waals surface area contributed by atoms with Gasteiger partial charge in [-0.3, -0.25) is 4.72 Å². The lowest BCUT2D eigenvalue weighted by Crippen LogP contribution is -2.27. The molecule has 1 atom stereocenters. The maximum Gasteiger partial charge on any atom is 0.279 e. The van der Waals surface area contributed by atoms with Crippen LogP contribution in [0.5, 0.6) is 0 Å². The van der Waals surface area contributed by atoms with Crippen molar-refractivity contribution in [3.05, 3.63) is 95.3 Å². The lowest BCUT2D eigenvalue weighted by molar-refractivity contribution is 0.370. The number of sulfonamides is 2. The van der Waals surface area contributed by atoms with Crippen LogP contribution < -0.4 is 4.72 Å². The summed E-state index contributed by atoms with van der Waals surface area (Å²) < 4.78 is 67.6. The topological polar surface area (TPSA) is 95.9 Å². The highest BCUT2D eigenvalue weighted by Gasteiger charge is 2.38. The predicted molar refractivity (Wildman–Crippen MR) is 130 cm³/mol. The number of aryl methyl sites for hydroxylation is 1. The molecule has 0 aromatic heterocycles. The Morgan fingerprint density at radius 2 is 1.62 bits per heavy atom. The minimum absolute atomic E-state index is 0.0459. The van der Waals surface area contributed by atoms with E-state index >= 15 is 0 Å². The predicted octanol–water partition coefficient (Wildman–Crippen LogP) is 4.44. The van der Waals surface area contributed by atoms with Gasteiger partial charge in [0.15, 0.2) is 0 Å². The van der Waals surface area contributed by atoms with Crippen molar-refractivity contribution in [2.45, 2.75) is 31.2 Å². The fourth-order valence-electron chi connectivity index (χ4n) is 3.77. The van der Waals surface area contributed by atoms with Crippen LogP contribution in [-0.4, -0.2) is 32.7 Å². The minimum atomic E-state index is -4.06. The maximum absolute atomic E-state index is 13.5. The Labute approximate surface area is 199 Å². The van der Waals surface area contributed by atoms with Crippen molar-refractivity contribution in [3.63, 3.8) is 0 Å². The van der Waals surface area contributed by atoms with E-state index < -0.39 is 31.9 Å². The summed E-state index contributed by atoms with van der Waals surface area (Å²) >= 11 is 0. The molecular weight excluding hydrogens is 477 g/mol. The van der Waals surface area contributed by atoms with Gasteiger partial charge in [0.25, 0.3) is 10.0 Å². The highest BCUT2D eigenvalue weighted by Crippen LogP contribution is 2.38. The molecule has 1 N–H and O–H groups in total. The fraction of sp³-hybridized carbons (Fsp3) is 0.208. The Morgan fingerprint density at radius 1 is 0.971 bits per heavy atom. The van der Waals surface area contributed by atoms with Crippen LogP contribution in [0, 0.1) is 12.7 Å². The first-order chi connectivity index (χ1) is 16.1. The van der Waals surface area contributed by atoms with Gasteiger partial charge in [-0.15, -0.1) is 0 Å². The van der Waals surface area contributed by atoms with E-state index in [9.17, 15) is 21.2 Å². The van der Waals surface area contributed by atoms with Crippen molar-refractivity contribution in [3.8, 4) is 0 Å². The molecule has 3 aromatic carbocycles. The van der Waals surface area contributed by atoms with E-state index in [-0.39, 0.29) is 10.6 Å². The molecule has 0 unspecified atom stereocenters. The SMILES string of the molecule is CCS(=O)(=O)Nc1ccc(C2=NN(S(=O)(=O)c3ccc(F)cc3)[C@H](c3ccccc3C)C2)cc1. The number of hydrazone groups is 1. The Morgan fingerprint density at radius 3 is 2.24 bits per heavy atom. The monoisotopic (exact) mass is 501 g/mol. The van der Waals surface area contributed by atoms with Crippen molar-refractivity contribution < 1.29 is 21.2 Å². The number of halogens is 1. The molecule has 0 saturated carbocycles. The normalized spacial score (nSPS) is 16.4. The van der Waals surface area contributed by atoms with Gasteiger partial charge >= 0.3 is 0 Å². The standard InChI is InChI=1S/C24H24FN3O4S2/c1-3-33(29,30)27-20-12-8-18(9-13-20)23-16-24(22-7-5-4-6-17(22)2)28(26-23)34(31,32)21-14-10-19(25)11-15-21/h4-15,24,27H,3,16H2,1-2H3/t24-/m0/s1. The van der Waals surface area contributed by atoms with Gasteiger partial charge in [0.2, 0.25) is 10.0 Å². The van der Waals surface area contributed by atoms with E-state index in [0.29, 0.717) is 23.4 Å². The van der Waals surface area contributed by atoms with E-state index in [4.69, 9.17) is 0 Å². The van der Waals surface area contributed by atoms with Crippen molar-refractivity contribution in [2.24, 2.45) is 5.10 Å². The first kappa shape index (κ1) is 23.9. The van der Waals surface area contributed by atoms with Crippen LogP contribution in [-0.2, 0) is 20.0 Å². The highest BCUT2D eigenvalue weighted by molar-refractivity contribution is 7.92. The molecule has 4 rings (SSSR count). The molecule has 0 spiro atoms. The number of hydrogen-bond acceptors (Lipinski definition) is 5. The molecule has 0 aliphatic carbocycles. The average molecular weight is 502 g/mol. The summed E-state index contributed by atoms with van der Waals surface area (Å²) in [7, 11) is -7.47. The summed E-state index contributed by atoms with van der Waals surface area (Å²) in [6.07, 6.45) is 0.325. The van der Waals surface area contributed by atoms with Gasteiger partial charge < -0.3 is 0 Å². The molecule has 7 nitrogen and oxygen atoms in total. The van der Waals surface area contributed by atoms with Crippen LogP contribution in [0.3, 0.4) is 0 Å². The third-order valence-corrected chi connectivity index (χ3v) is 8.65. The molecule has 3 aromatic rings. The highest BCUT2D eigenvalue weighted by atomic mass is 32.2. The van der Waals surface area contributed by atoms with Crippen LogP contribution in [0.25, 0.3) is 0 Å². The number of rotatable bonds is 7. The molecule has 1 aliphatic rings. The summed E-state index contributed by atoms with van der Waals surface area (Å²) in [6, 6.07) is 18.2. The minimum Gasteiger partial charge on any atom is -0.284 e. The Kier molecular flexibility index (Phi) is 6.46. The summed E-state index contributed by atoms with van der Waals surface area (Å²) in [5, 5.41) is 4.48. The lowest BCUT2D eigenvalue weighted by Gasteiger charge is -2.24. The lowest BCUT2D eigenvalue weighted by atomic mass is 9.96. The summed E-state index contributed by atoms with van der Waals surface area (Å²) in [6.45, 7) is 3.45. The van der Waals surface area contributed by atoms with Crippen LogP contribution in [0.1, 0.15) is 36.1 Å². The molecule has 34 heavy (non-hydrogen) atoms. The first-order valence-corrected chi connectivity index (χ1v) is 13.7. The van der Waals surface area contributed by atoms with Crippen LogP contribution in [0.4, 0.5) is 10.1 Å². The van der Waals surface area contributed by atoms with Crippen molar-refractivity contribution >= 4 is 31.4 Å². The van der Waals surface area contributed by atoms with Crippen LogP contribution >= 0.6 is 0 Å². The molecule has 0 amide bonds. The number of hydrogen-bond donors (Lipinski definition) is 1. The third-order valence-electron chi connectivity index (χ3n) is 5.65. The van der Waals surface area contributed by atoms with E-state index in [0.717, 1.165) is 27.7 Å². The molecule has 1 aliphatic heterocycles. The quantitative estimate of drug-likeness (QED) is 0.518. The molecule has 178 valence electrons. The van der Waals surface area contributed by atoms with Crippen LogP contribution in [0.15, 0.2) is 82.8 Å². The van der Waals surface area contributed by atoms with Crippen LogP contribution in [0.2, 0.25) is 0 Å². The number of nitrogens with zero attached hydrogens (tertiary/aromatic N) is 2. The summed E-state index contributed by atoms with van der Waals surface area (Å²) in [4.78, 5) is -0.0539. The molecule has 10 heteroatoms. The zero-order valence-corrected chi connectivity index (χ0v) is 20.3. The molecule has 0 bridgehead atoms. The van der Waals surface area contributed by atoms with Gasteiger partial charge in [-0.05, 0) is 66.9 Å². The first-order valence-electron chi connectivity index (χ1n) is 10.6. The number of nitrogens with one attached hydrogen (secondary N) is 1. The van der Waals surface area contributed by atoms with E-state index in [1.165, 1.54) is 12.1 Å². The van der Waals surface area contributed by atoms with Crippen molar-refractivity contribution in [2.75, 3.05) is 10.5 Å². The zero-order chi connectivity index (χ0) is 24.5. The largest absolute Gasteiger partial charge is 0.284 e.